The molecule has 0 amide bonds. The van der Waals surface area contributed by atoms with E-state index in [1.165, 1.54) is 14.1 Å². The lowest BCUT2D eigenvalue weighted by molar-refractivity contribution is 0.312. The Morgan fingerprint density at radius 3 is 2.40 bits per heavy atom. The van der Waals surface area contributed by atoms with Gasteiger partial charge >= 0.3 is 0 Å². The van der Waals surface area contributed by atoms with Crippen LogP contribution in [0.15, 0.2) is 41.6 Å². The number of fused-ring (bicyclic) bond motifs is 1. The lowest BCUT2D eigenvalue weighted by Crippen LogP contribution is -2.44. The molecule has 1 aliphatic rings. The number of hydrogen-bond donors (Lipinski definition) is 1. The Morgan fingerprint density at radius 1 is 0.967 bits per heavy atom. The third-order valence-electron chi connectivity index (χ3n) is 5.33. The number of aromatic nitrogens is 3. The summed E-state index contributed by atoms with van der Waals surface area (Å²) in [7, 11) is 1.34. The molecule has 0 bridgehead atoms. The van der Waals surface area contributed by atoms with Gasteiger partial charge in [0.1, 0.15) is 16.5 Å². The van der Waals surface area contributed by atoms with E-state index in [-0.39, 0.29) is 10.7 Å². The molecule has 0 aliphatic carbocycles. The van der Waals surface area contributed by atoms with Gasteiger partial charge in [0.05, 0.1) is 17.2 Å². The number of piperazine rings is 1. The van der Waals surface area contributed by atoms with Crippen molar-refractivity contribution in [1.82, 2.24) is 24.2 Å². The topological polar surface area (TPSA) is 109 Å². The first-order valence-electron chi connectivity index (χ1n) is 9.64. The molecule has 3 heterocycles. The number of sulfonamides is 1. The van der Waals surface area contributed by atoms with Crippen molar-refractivity contribution in [3.05, 3.63) is 36.7 Å². The van der Waals surface area contributed by atoms with E-state index in [9.17, 15) is 8.42 Å². The number of nitrogens with zero attached hydrogens (tertiary/aromatic N) is 6. The van der Waals surface area contributed by atoms with Crippen LogP contribution in [0, 0.1) is 0 Å². The Kier molecular flexibility index (Phi) is 5.31. The van der Waals surface area contributed by atoms with Crippen LogP contribution in [0.1, 0.15) is 0 Å². The van der Waals surface area contributed by atoms with Crippen molar-refractivity contribution in [3.8, 4) is 11.1 Å². The summed E-state index contributed by atoms with van der Waals surface area (Å²) in [6, 6.07) is 7.21. The van der Waals surface area contributed by atoms with Gasteiger partial charge in [-0.3, -0.25) is 4.98 Å². The molecule has 1 aromatic carbocycles. The third kappa shape index (κ3) is 3.81. The fourth-order valence-electron chi connectivity index (χ4n) is 3.39. The summed E-state index contributed by atoms with van der Waals surface area (Å²) in [5.41, 5.74) is 8.82. The van der Waals surface area contributed by atoms with E-state index in [4.69, 9.17) is 10.7 Å². The summed E-state index contributed by atoms with van der Waals surface area (Å²) >= 11 is 0. The normalized spacial score (nSPS) is 15.8. The SMILES string of the molecule is CN1CCN(c2cnc3ccc(-c4cnc(N)c(S(=O)(=O)N(C)C)c4)cc3n2)CC1. The predicted molar refractivity (Wildman–Crippen MR) is 118 cm³/mol. The Morgan fingerprint density at radius 2 is 1.70 bits per heavy atom. The predicted octanol–water partition coefficient (Wildman–Crippen LogP) is 1.28. The number of benzene rings is 1. The molecule has 0 saturated carbocycles. The molecule has 0 radical (unpaired) electrons. The van der Waals surface area contributed by atoms with E-state index in [0.717, 1.165) is 52.9 Å². The molecule has 0 unspecified atom stereocenters. The highest BCUT2D eigenvalue weighted by Gasteiger charge is 2.22. The maximum absolute atomic E-state index is 12.6. The maximum atomic E-state index is 12.6. The number of nitrogens with two attached hydrogens (primary N) is 1. The van der Waals surface area contributed by atoms with Crippen LogP contribution in [-0.4, -0.2) is 79.9 Å². The van der Waals surface area contributed by atoms with Crippen LogP contribution in [0.3, 0.4) is 0 Å². The molecule has 0 atom stereocenters. The molecule has 1 saturated heterocycles. The first-order chi connectivity index (χ1) is 14.3. The second kappa shape index (κ2) is 7.78. The second-order valence-corrected chi connectivity index (χ2v) is 9.74. The van der Waals surface area contributed by atoms with E-state index in [1.54, 1.807) is 18.5 Å². The van der Waals surface area contributed by atoms with E-state index < -0.39 is 10.0 Å². The summed E-state index contributed by atoms with van der Waals surface area (Å²) in [6.45, 7) is 3.79. The molecular weight excluding hydrogens is 402 g/mol. The first kappa shape index (κ1) is 20.5. The zero-order valence-corrected chi connectivity index (χ0v) is 18.1. The van der Waals surface area contributed by atoms with Crippen LogP contribution in [0.5, 0.6) is 0 Å². The summed E-state index contributed by atoms with van der Waals surface area (Å²) < 4.78 is 26.3. The Bertz CT molecular complexity index is 1190. The fourth-order valence-corrected chi connectivity index (χ4v) is 4.37. The van der Waals surface area contributed by atoms with Crippen molar-refractivity contribution in [1.29, 1.82) is 0 Å². The molecule has 1 aliphatic heterocycles. The van der Waals surface area contributed by atoms with Gasteiger partial charge < -0.3 is 15.5 Å². The van der Waals surface area contributed by atoms with Crippen LogP contribution < -0.4 is 10.6 Å². The minimum atomic E-state index is -3.70. The number of hydrogen-bond acceptors (Lipinski definition) is 8. The van der Waals surface area contributed by atoms with E-state index in [1.807, 2.05) is 18.2 Å². The van der Waals surface area contributed by atoms with Gasteiger partial charge in [0.2, 0.25) is 10.0 Å². The van der Waals surface area contributed by atoms with Crippen molar-refractivity contribution in [2.24, 2.45) is 0 Å². The van der Waals surface area contributed by atoms with Crippen molar-refractivity contribution >= 4 is 32.7 Å². The van der Waals surface area contributed by atoms with Crippen LogP contribution in [0.25, 0.3) is 22.2 Å². The minimum Gasteiger partial charge on any atom is -0.383 e. The summed E-state index contributed by atoms with van der Waals surface area (Å²) in [5, 5.41) is 0. The molecule has 4 rings (SSSR count). The van der Waals surface area contributed by atoms with Crippen molar-refractivity contribution < 1.29 is 8.42 Å². The molecule has 30 heavy (non-hydrogen) atoms. The zero-order valence-electron chi connectivity index (χ0n) is 17.3. The van der Waals surface area contributed by atoms with Crippen molar-refractivity contribution in [3.63, 3.8) is 0 Å². The molecule has 0 spiro atoms. The Labute approximate surface area is 176 Å². The van der Waals surface area contributed by atoms with Gasteiger partial charge in [0, 0.05) is 52.0 Å². The number of pyridine rings is 1. The average Bonchev–Trinajstić information content (AvgIpc) is 2.73. The van der Waals surface area contributed by atoms with Crippen molar-refractivity contribution in [2.75, 3.05) is 58.0 Å². The maximum Gasteiger partial charge on any atom is 0.246 e. The molecular formula is C20H25N7O2S. The number of likely N-dealkylation sites (N-methyl/N-ethyl adjacent to an activating group) is 1. The van der Waals surface area contributed by atoms with Gasteiger partial charge in [-0.15, -0.1) is 0 Å². The molecule has 158 valence electrons. The average molecular weight is 428 g/mol. The molecule has 9 nitrogen and oxygen atoms in total. The second-order valence-electron chi connectivity index (χ2n) is 7.62. The smallest absolute Gasteiger partial charge is 0.246 e. The first-order valence-corrected chi connectivity index (χ1v) is 11.1. The summed E-state index contributed by atoms with van der Waals surface area (Å²) in [6.07, 6.45) is 3.38. The molecule has 2 aromatic heterocycles. The van der Waals surface area contributed by atoms with E-state index >= 15 is 0 Å². The Hall–Kier alpha value is -2.82. The summed E-state index contributed by atoms with van der Waals surface area (Å²) in [5.74, 6) is 0.824. The van der Waals surface area contributed by atoms with Crippen LogP contribution in [-0.2, 0) is 10.0 Å². The molecule has 10 heteroatoms. The third-order valence-corrected chi connectivity index (χ3v) is 7.17. The number of anilines is 2. The van der Waals surface area contributed by atoms with Gasteiger partial charge in [0.15, 0.2) is 0 Å². The number of rotatable bonds is 4. The standard InChI is InChI=1S/C20H25N7O2S/c1-25(2)30(28,29)18-11-15(12-23-20(18)21)14-4-5-16-17(10-14)24-19(13-22-16)27-8-6-26(3)7-9-27/h4-5,10-13H,6-9H2,1-3H3,(H2,21,23). The largest absolute Gasteiger partial charge is 0.383 e. The fraction of sp³-hybridized carbons (Fsp3) is 0.350. The molecule has 2 N–H and O–H groups in total. The number of nitrogen functional groups attached to an aromatic ring is 1. The molecule has 1 fully saturated rings. The van der Waals surface area contributed by atoms with E-state index in [2.05, 4.69) is 26.8 Å². The van der Waals surface area contributed by atoms with Crippen LogP contribution >= 0.6 is 0 Å². The highest BCUT2D eigenvalue weighted by Crippen LogP contribution is 2.28. The minimum absolute atomic E-state index is 0.0117. The monoisotopic (exact) mass is 427 g/mol. The zero-order chi connectivity index (χ0) is 21.5. The Balaban J connectivity index is 1.73. The highest BCUT2D eigenvalue weighted by atomic mass is 32.2. The van der Waals surface area contributed by atoms with Gasteiger partial charge in [-0.05, 0) is 30.8 Å². The lowest BCUT2D eigenvalue weighted by Gasteiger charge is -2.33. The highest BCUT2D eigenvalue weighted by molar-refractivity contribution is 7.89. The van der Waals surface area contributed by atoms with Crippen molar-refractivity contribution in [2.45, 2.75) is 4.90 Å². The van der Waals surface area contributed by atoms with Gasteiger partial charge in [0.25, 0.3) is 0 Å². The van der Waals surface area contributed by atoms with E-state index in [0.29, 0.717) is 5.56 Å². The van der Waals surface area contributed by atoms with Gasteiger partial charge in [-0.25, -0.2) is 22.7 Å². The summed E-state index contributed by atoms with van der Waals surface area (Å²) in [4.78, 5) is 18.0. The lowest BCUT2D eigenvalue weighted by atomic mass is 10.1. The van der Waals surface area contributed by atoms with Crippen LogP contribution in [0.2, 0.25) is 0 Å². The van der Waals surface area contributed by atoms with Crippen LogP contribution in [0.4, 0.5) is 11.6 Å². The van der Waals surface area contributed by atoms with Gasteiger partial charge in [-0.2, -0.15) is 0 Å². The van der Waals surface area contributed by atoms with Gasteiger partial charge in [-0.1, -0.05) is 6.07 Å². The molecule has 3 aromatic rings. The quantitative estimate of drug-likeness (QED) is 0.663.